The van der Waals surface area contributed by atoms with Gasteiger partial charge in [0.1, 0.15) is 36.6 Å². The highest BCUT2D eigenvalue weighted by molar-refractivity contribution is 5.88. The number of rotatable bonds is 9. The number of ether oxygens (including phenoxy) is 3. The normalized spacial score (nSPS) is 20.6. The number of hydrogen-bond donors (Lipinski definition) is 0. The van der Waals surface area contributed by atoms with E-state index in [4.69, 9.17) is 19.2 Å². The molecule has 1 heterocycles. The fourth-order valence-corrected chi connectivity index (χ4v) is 5.75. The molecule has 0 aromatic heterocycles. The first-order valence-corrected chi connectivity index (χ1v) is 14.0. The van der Waals surface area contributed by atoms with Crippen LogP contribution in [0.3, 0.4) is 0 Å². The van der Waals surface area contributed by atoms with Crippen LogP contribution in [0.25, 0.3) is 0 Å². The Morgan fingerprint density at radius 2 is 1.38 bits per heavy atom. The summed E-state index contributed by atoms with van der Waals surface area (Å²) in [4.78, 5) is 4.94. The van der Waals surface area contributed by atoms with E-state index in [1.165, 1.54) is 16.8 Å². The highest BCUT2D eigenvalue weighted by Crippen LogP contribution is 2.53. The van der Waals surface area contributed by atoms with Crippen molar-refractivity contribution in [2.24, 2.45) is 10.9 Å². The Morgan fingerprint density at radius 3 is 2.05 bits per heavy atom. The van der Waals surface area contributed by atoms with E-state index in [0.717, 1.165) is 54.2 Å². The minimum absolute atomic E-state index is 0.0175. The van der Waals surface area contributed by atoms with E-state index >= 15 is 0 Å². The van der Waals surface area contributed by atoms with E-state index in [9.17, 15) is 0 Å². The molecule has 1 aliphatic heterocycles. The number of fused-ring (bicyclic) bond motifs is 3. The van der Waals surface area contributed by atoms with Crippen LogP contribution in [0.1, 0.15) is 60.5 Å². The minimum atomic E-state index is -0.0175. The first-order valence-electron chi connectivity index (χ1n) is 14.0. The Hall–Kier alpha value is -4.05. The molecule has 198 valence electrons. The van der Waals surface area contributed by atoms with E-state index in [0.29, 0.717) is 25.0 Å². The van der Waals surface area contributed by atoms with E-state index in [-0.39, 0.29) is 6.10 Å². The number of aliphatic imine (C=N–C) groups is 1. The molecule has 2 aliphatic rings. The summed E-state index contributed by atoms with van der Waals surface area (Å²) in [6.07, 6.45) is 3.00. The number of benzene rings is 4. The summed E-state index contributed by atoms with van der Waals surface area (Å²) in [5.41, 5.74) is 6.06. The van der Waals surface area contributed by atoms with Gasteiger partial charge in [-0.3, -0.25) is 4.99 Å². The van der Waals surface area contributed by atoms with Gasteiger partial charge in [0, 0.05) is 23.7 Å². The first kappa shape index (κ1) is 25.2. The second-order valence-electron chi connectivity index (χ2n) is 10.5. The second kappa shape index (κ2) is 11.8. The lowest BCUT2D eigenvalue weighted by Crippen LogP contribution is -2.26. The third-order valence-corrected chi connectivity index (χ3v) is 7.73. The lowest BCUT2D eigenvalue weighted by Gasteiger charge is -2.36. The van der Waals surface area contributed by atoms with Gasteiger partial charge in [-0.1, -0.05) is 79.7 Å². The van der Waals surface area contributed by atoms with Crippen molar-refractivity contribution in [2.75, 3.05) is 6.54 Å². The average Bonchev–Trinajstić information content (AvgIpc) is 3.43. The maximum absolute atomic E-state index is 6.72. The van der Waals surface area contributed by atoms with E-state index < -0.39 is 0 Å². The lowest BCUT2D eigenvalue weighted by molar-refractivity contribution is 0.105. The van der Waals surface area contributed by atoms with Gasteiger partial charge in [-0.25, -0.2) is 0 Å². The summed E-state index contributed by atoms with van der Waals surface area (Å²) in [5, 5.41) is 0. The molecule has 4 aromatic carbocycles. The topological polar surface area (TPSA) is 40.0 Å². The predicted molar refractivity (Wildman–Crippen MR) is 156 cm³/mol. The van der Waals surface area contributed by atoms with Crippen LogP contribution in [0.15, 0.2) is 108 Å². The van der Waals surface area contributed by atoms with Crippen LogP contribution in [0.4, 0.5) is 0 Å². The van der Waals surface area contributed by atoms with Gasteiger partial charge < -0.3 is 14.2 Å². The molecule has 0 bridgehead atoms. The standard InChI is InChI=1S/C35H35NO3/c1-2-19-36-28-20-31-32-22-30(38-24-26-11-7-4-8-12-26)17-18-34(32)39-35(33(31)21-28)27-13-15-29(16-14-27)37-23-25-9-5-3-6-10-25/h3-18,22,31,33,35H,2,19-21,23-24H2,1H3/t31-,33-,35-/m0/s1. The molecule has 1 aliphatic carbocycles. The minimum Gasteiger partial charge on any atom is -0.489 e. The smallest absolute Gasteiger partial charge is 0.127 e. The molecule has 39 heavy (non-hydrogen) atoms. The fraction of sp³-hybridized carbons (Fsp3) is 0.286. The van der Waals surface area contributed by atoms with Crippen LogP contribution >= 0.6 is 0 Å². The highest BCUT2D eigenvalue weighted by atomic mass is 16.5. The van der Waals surface area contributed by atoms with Crippen LogP contribution < -0.4 is 14.2 Å². The molecule has 6 rings (SSSR count). The first-order chi connectivity index (χ1) is 19.3. The third kappa shape index (κ3) is 5.85. The molecule has 0 spiro atoms. The van der Waals surface area contributed by atoms with Crippen LogP contribution in [0.2, 0.25) is 0 Å². The van der Waals surface area contributed by atoms with Gasteiger partial charge in [0.25, 0.3) is 0 Å². The van der Waals surface area contributed by atoms with Crippen LogP contribution in [-0.2, 0) is 13.2 Å². The molecule has 0 N–H and O–H groups in total. The van der Waals surface area contributed by atoms with E-state index in [1.807, 2.05) is 42.5 Å². The summed E-state index contributed by atoms with van der Waals surface area (Å²) in [6.45, 7) is 4.19. The van der Waals surface area contributed by atoms with Crippen molar-refractivity contribution in [3.8, 4) is 17.2 Å². The third-order valence-electron chi connectivity index (χ3n) is 7.73. The van der Waals surface area contributed by atoms with Crippen molar-refractivity contribution in [1.82, 2.24) is 0 Å². The van der Waals surface area contributed by atoms with Crippen molar-refractivity contribution in [3.05, 3.63) is 125 Å². The van der Waals surface area contributed by atoms with Gasteiger partial charge in [0.15, 0.2) is 0 Å². The van der Waals surface area contributed by atoms with Gasteiger partial charge >= 0.3 is 0 Å². The SMILES string of the molecule is CCCN=C1C[C@H]2[C@@H](C1)c1cc(OCc3ccccc3)ccc1O[C@H]2c1ccc(OCc2ccccc2)cc1. The van der Waals surface area contributed by atoms with Gasteiger partial charge in [0.05, 0.1) is 0 Å². The van der Waals surface area contributed by atoms with Gasteiger partial charge in [-0.2, -0.15) is 0 Å². The van der Waals surface area contributed by atoms with Crippen LogP contribution in [0.5, 0.6) is 17.2 Å². The fourth-order valence-electron chi connectivity index (χ4n) is 5.75. The number of hydrogen-bond acceptors (Lipinski definition) is 4. The molecular weight excluding hydrogens is 482 g/mol. The summed E-state index contributed by atoms with van der Waals surface area (Å²) in [5.74, 6) is 3.41. The Kier molecular flexibility index (Phi) is 7.62. The van der Waals surface area contributed by atoms with Gasteiger partial charge in [0.2, 0.25) is 0 Å². The largest absolute Gasteiger partial charge is 0.489 e. The van der Waals surface area contributed by atoms with Gasteiger partial charge in [-0.05, 0) is 72.2 Å². The maximum Gasteiger partial charge on any atom is 0.127 e. The molecule has 4 nitrogen and oxygen atoms in total. The molecule has 1 saturated carbocycles. The molecule has 0 amide bonds. The number of nitrogens with zero attached hydrogens (tertiary/aromatic N) is 1. The van der Waals surface area contributed by atoms with E-state index in [1.54, 1.807) is 0 Å². The molecule has 0 saturated heterocycles. The molecule has 3 atom stereocenters. The monoisotopic (exact) mass is 517 g/mol. The van der Waals surface area contributed by atoms with Crippen molar-refractivity contribution in [1.29, 1.82) is 0 Å². The zero-order valence-electron chi connectivity index (χ0n) is 22.5. The Bertz CT molecular complexity index is 1400. The Balaban J connectivity index is 1.22. The molecular formula is C35H35NO3. The lowest BCUT2D eigenvalue weighted by atomic mass is 9.80. The highest BCUT2D eigenvalue weighted by Gasteiger charge is 2.44. The molecule has 0 unspecified atom stereocenters. The summed E-state index contributed by atoms with van der Waals surface area (Å²) in [6, 6.07) is 35.3. The Labute approximate surface area is 231 Å². The quantitative estimate of drug-likeness (QED) is 0.224. The predicted octanol–water partition coefficient (Wildman–Crippen LogP) is 8.32. The van der Waals surface area contributed by atoms with Crippen molar-refractivity contribution < 1.29 is 14.2 Å². The van der Waals surface area contributed by atoms with Crippen molar-refractivity contribution in [3.63, 3.8) is 0 Å². The summed E-state index contributed by atoms with van der Waals surface area (Å²) < 4.78 is 18.9. The summed E-state index contributed by atoms with van der Waals surface area (Å²) >= 11 is 0. The molecule has 0 radical (unpaired) electrons. The van der Waals surface area contributed by atoms with Gasteiger partial charge in [-0.15, -0.1) is 0 Å². The van der Waals surface area contributed by atoms with Crippen LogP contribution in [-0.4, -0.2) is 12.3 Å². The zero-order chi connectivity index (χ0) is 26.4. The second-order valence-corrected chi connectivity index (χ2v) is 10.5. The van der Waals surface area contributed by atoms with Crippen LogP contribution in [0, 0.1) is 5.92 Å². The Morgan fingerprint density at radius 1 is 0.744 bits per heavy atom. The summed E-state index contributed by atoms with van der Waals surface area (Å²) in [7, 11) is 0. The van der Waals surface area contributed by atoms with E-state index in [2.05, 4.69) is 67.6 Å². The molecule has 4 heteroatoms. The average molecular weight is 518 g/mol. The zero-order valence-corrected chi connectivity index (χ0v) is 22.5. The molecule has 4 aromatic rings. The van der Waals surface area contributed by atoms with Crippen molar-refractivity contribution >= 4 is 5.71 Å². The molecule has 1 fully saturated rings. The maximum atomic E-state index is 6.72. The van der Waals surface area contributed by atoms with Crippen molar-refractivity contribution in [2.45, 2.75) is 51.4 Å².